The Morgan fingerprint density at radius 2 is 1.59 bits per heavy atom. The van der Waals surface area contributed by atoms with Gasteiger partial charge >= 0.3 is 0 Å². The molecule has 0 saturated heterocycles. The van der Waals surface area contributed by atoms with E-state index in [1.54, 1.807) is 12.1 Å². The highest BCUT2D eigenvalue weighted by molar-refractivity contribution is 7.93. The number of anilines is 2. The summed E-state index contributed by atoms with van der Waals surface area (Å²) < 4.78 is 43.0. The number of sulfonamides is 1. The lowest BCUT2D eigenvalue weighted by atomic mass is 9.87. The monoisotopic (exact) mass is 470 g/mol. The number of Topliss-reactive ketones (excluding diaryl/α,β-unsaturated/α-hetero) is 1. The fourth-order valence-corrected chi connectivity index (χ4v) is 6.33. The van der Waals surface area contributed by atoms with E-state index in [0.717, 1.165) is 22.0 Å². The summed E-state index contributed by atoms with van der Waals surface area (Å²) in [5, 5.41) is 0.208. The summed E-state index contributed by atoms with van der Waals surface area (Å²) in [4.78, 5) is 28.5. The highest BCUT2D eigenvalue weighted by atomic mass is 35.5. The summed E-state index contributed by atoms with van der Waals surface area (Å²) in [7, 11) is -2.99. The third-order valence-electron chi connectivity index (χ3n) is 5.94. The number of rotatable bonds is 2. The molecular weight excluding hydrogens is 455 g/mol. The quantitative estimate of drug-likeness (QED) is 0.529. The SMILES string of the molecule is Cc1ccc(S(=O)(=O)N2c3ccc(Cl)cc3C(=O)[C@]23C(=O)N(C)c2ccc(F)cc23)cc1. The van der Waals surface area contributed by atoms with Crippen LogP contribution in [0, 0.1) is 12.7 Å². The molecule has 2 aliphatic heterocycles. The fourth-order valence-electron chi connectivity index (χ4n) is 4.43. The Morgan fingerprint density at radius 3 is 2.28 bits per heavy atom. The molecule has 9 heteroatoms. The zero-order valence-electron chi connectivity index (χ0n) is 17.0. The van der Waals surface area contributed by atoms with Crippen molar-refractivity contribution in [2.45, 2.75) is 17.4 Å². The predicted molar refractivity (Wildman–Crippen MR) is 118 cm³/mol. The number of amides is 1. The number of hydrogen-bond donors (Lipinski definition) is 0. The van der Waals surface area contributed by atoms with Gasteiger partial charge in [0.2, 0.25) is 11.3 Å². The van der Waals surface area contributed by atoms with Crippen LogP contribution in [0.25, 0.3) is 0 Å². The van der Waals surface area contributed by atoms with Crippen molar-refractivity contribution >= 4 is 44.7 Å². The van der Waals surface area contributed by atoms with Gasteiger partial charge < -0.3 is 4.90 Å². The number of halogens is 2. The predicted octanol–water partition coefficient (Wildman–Crippen LogP) is 4.05. The van der Waals surface area contributed by atoms with Gasteiger partial charge in [0.15, 0.2) is 0 Å². The van der Waals surface area contributed by atoms with Gasteiger partial charge in [0.25, 0.3) is 15.9 Å². The first-order valence-electron chi connectivity index (χ1n) is 9.65. The van der Waals surface area contributed by atoms with Gasteiger partial charge in [-0.1, -0.05) is 29.3 Å². The van der Waals surface area contributed by atoms with Crippen LogP contribution in [0.3, 0.4) is 0 Å². The van der Waals surface area contributed by atoms with Crippen molar-refractivity contribution < 1.29 is 22.4 Å². The van der Waals surface area contributed by atoms with Crippen LogP contribution in [0.5, 0.6) is 0 Å². The Kier molecular flexibility index (Phi) is 4.28. The van der Waals surface area contributed by atoms with Gasteiger partial charge in [-0.25, -0.2) is 17.1 Å². The molecule has 162 valence electrons. The molecule has 0 aliphatic carbocycles. The van der Waals surface area contributed by atoms with Crippen molar-refractivity contribution in [3.05, 3.63) is 88.2 Å². The Bertz CT molecular complexity index is 1440. The number of nitrogens with zero attached hydrogens (tertiary/aromatic N) is 2. The van der Waals surface area contributed by atoms with E-state index < -0.39 is 33.1 Å². The smallest absolute Gasteiger partial charge is 0.266 e. The minimum Gasteiger partial charge on any atom is -0.312 e. The van der Waals surface area contributed by atoms with Crippen LogP contribution in [0.4, 0.5) is 15.8 Å². The first-order valence-corrected chi connectivity index (χ1v) is 11.5. The Balaban J connectivity index is 1.89. The zero-order chi connectivity index (χ0) is 23.0. The number of ketones is 1. The molecule has 3 aromatic carbocycles. The molecule has 1 spiro atoms. The topological polar surface area (TPSA) is 74.8 Å². The van der Waals surface area contributed by atoms with Crippen molar-refractivity contribution in [2.24, 2.45) is 0 Å². The second kappa shape index (κ2) is 6.63. The Labute approximate surface area is 188 Å². The number of carbonyl (C=O) groups is 2. The molecule has 0 bridgehead atoms. The lowest BCUT2D eigenvalue weighted by Crippen LogP contribution is -2.56. The molecule has 2 aliphatic rings. The van der Waals surface area contributed by atoms with E-state index in [1.807, 2.05) is 6.92 Å². The van der Waals surface area contributed by atoms with Crippen LogP contribution in [-0.4, -0.2) is 27.2 Å². The molecule has 32 heavy (non-hydrogen) atoms. The largest absolute Gasteiger partial charge is 0.312 e. The van der Waals surface area contributed by atoms with Gasteiger partial charge in [0.1, 0.15) is 5.82 Å². The number of carbonyl (C=O) groups excluding carboxylic acids is 2. The molecule has 3 aromatic rings. The summed E-state index contributed by atoms with van der Waals surface area (Å²) in [5.41, 5.74) is -1.24. The van der Waals surface area contributed by atoms with E-state index in [-0.39, 0.29) is 32.4 Å². The van der Waals surface area contributed by atoms with E-state index >= 15 is 0 Å². The van der Waals surface area contributed by atoms with Crippen LogP contribution >= 0.6 is 11.6 Å². The first-order chi connectivity index (χ1) is 15.1. The van der Waals surface area contributed by atoms with E-state index in [2.05, 4.69) is 0 Å². The normalized spacial score (nSPS) is 19.6. The number of hydrogen-bond acceptors (Lipinski definition) is 4. The van der Waals surface area contributed by atoms with E-state index in [0.29, 0.717) is 0 Å². The van der Waals surface area contributed by atoms with Gasteiger partial charge in [-0.05, 0) is 55.5 Å². The molecule has 2 heterocycles. The van der Waals surface area contributed by atoms with Gasteiger partial charge in [0, 0.05) is 23.2 Å². The molecular formula is C23H16ClFN2O4S. The molecule has 1 amide bonds. The second-order valence-corrected chi connectivity index (χ2v) is 10.0. The van der Waals surface area contributed by atoms with Crippen LogP contribution < -0.4 is 9.21 Å². The Morgan fingerprint density at radius 1 is 0.938 bits per heavy atom. The highest BCUT2D eigenvalue weighted by Gasteiger charge is 2.67. The van der Waals surface area contributed by atoms with Gasteiger partial charge in [0.05, 0.1) is 16.3 Å². The summed E-state index contributed by atoms with van der Waals surface area (Å²) in [6.45, 7) is 1.81. The molecule has 0 unspecified atom stereocenters. The van der Waals surface area contributed by atoms with Crippen LogP contribution in [0.15, 0.2) is 65.6 Å². The van der Waals surface area contributed by atoms with E-state index in [1.165, 1.54) is 48.3 Å². The molecule has 6 nitrogen and oxygen atoms in total. The van der Waals surface area contributed by atoms with Crippen molar-refractivity contribution in [2.75, 3.05) is 16.3 Å². The van der Waals surface area contributed by atoms with Gasteiger partial charge in [-0.3, -0.25) is 9.59 Å². The molecule has 0 saturated carbocycles. The third-order valence-corrected chi connectivity index (χ3v) is 7.99. The molecule has 5 rings (SSSR count). The minimum absolute atomic E-state index is 0.0128. The average molecular weight is 471 g/mol. The van der Waals surface area contributed by atoms with Crippen LogP contribution in [0.1, 0.15) is 21.5 Å². The Hall–Kier alpha value is -3.23. The summed E-state index contributed by atoms with van der Waals surface area (Å²) >= 11 is 6.10. The highest BCUT2D eigenvalue weighted by Crippen LogP contribution is 2.54. The average Bonchev–Trinajstić information content (AvgIpc) is 3.13. The molecule has 1 atom stereocenters. The molecule has 0 aromatic heterocycles. The fraction of sp³-hybridized carbons (Fsp3) is 0.130. The number of aryl methyl sites for hydroxylation is 1. The van der Waals surface area contributed by atoms with E-state index in [4.69, 9.17) is 11.6 Å². The minimum atomic E-state index is -4.42. The van der Waals surface area contributed by atoms with Gasteiger partial charge in [-0.2, -0.15) is 0 Å². The first kappa shape index (κ1) is 20.7. The van der Waals surface area contributed by atoms with Crippen molar-refractivity contribution in [1.29, 1.82) is 0 Å². The molecule has 0 N–H and O–H groups in total. The maximum atomic E-state index is 14.3. The lowest BCUT2D eigenvalue weighted by molar-refractivity contribution is -0.120. The summed E-state index contributed by atoms with van der Waals surface area (Å²) in [6, 6.07) is 13.8. The van der Waals surface area contributed by atoms with E-state index in [9.17, 15) is 22.4 Å². The zero-order valence-corrected chi connectivity index (χ0v) is 18.5. The lowest BCUT2D eigenvalue weighted by Gasteiger charge is -2.33. The number of fused-ring (bicyclic) bond motifs is 3. The van der Waals surface area contributed by atoms with Crippen molar-refractivity contribution in [3.8, 4) is 0 Å². The standard InChI is InChI=1S/C23H16ClFN2O4S/c1-13-3-7-16(8-4-13)32(30,31)27-19-9-5-14(24)11-17(19)21(28)23(27)18-12-15(25)6-10-20(18)26(2)22(23)29/h3-12H,1-2H3/t23-/m1/s1. The van der Waals surface area contributed by atoms with Gasteiger partial charge in [-0.15, -0.1) is 0 Å². The number of benzene rings is 3. The summed E-state index contributed by atoms with van der Waals surface area (Å²) in [6.07, 6.45) is 0. The maximum absolute atomic E-state index is 14.3. The molecule has 0 fully saturated rings. The summed E-state index contributed by atoms with van der Waals surface area (Å²) in [5.74, 6) is -2.25. The third kappa shape index (κ3) is 2.47. The van der Waals surface area contributed by atoms with Crippen molar-refractivity contribution in [3.63, 3.8) is 0 Å². The molecule has 0 radical (unpaired) electrons. The second-order valence-electron chi connectivity index (χ2n) is 7.81. The van der Waals surface area contributed by atoms with Crippen LogP contribution in [0.2, 0.25) is 5.02 Å². The number of likely N-dealkylation sites (N-methyl/N-ethyl adjacent to an activating group) is 1. The maximum Gasteiger partial charge on any atom is 0.266 e. The van der Waals surface area contributed by atoms with Crippen molar-refractivity contribution in [1.82, 2.24) is 0 Å². The van der Waals surface area contributed by atoms with Crippen LogP contribution in [-0.2, 0) is 20.4 Å².